The third kappa shape index (κ3) is 4.87. The summed E-state index contributed by atoms with van der Waals surface area (Å²) in [4.78, 5) is 0. The van der Waals surface area contributed by atoms with Crippen LogP contribution >= 0.6 is 15.9 Å². The van der Waals surface area contributed by atoms with Gasteiger partial charge in [0.05, 0.1) is 0 Å². The van der Waals surface area contributed by atoms with E-state index in [-0.39, 0.29) is 6.61 Å². The minimum absolute atomic E-state index is 0.168. The average Bonchev–Trinajstić information content (AvgIpc) is 2.47. The topological polar surface area (TPSA) is 38.7 Å². The van der Waals surface area contributed by atoms with Crippen molar-refractivity contribution in [2.75, 3.05) is 19.8 Å². The van der Waals surface area contributed by atoms with Crippen LogP contribution in [0.15, 0.2) is 53.0 Å². The van der Waals surface area contributed by atoms with E-state index in [1.165, 1.54) is 0 Å². The Morgan fingerprint density at radius 1 is 0.800 bits per heavy atom. The van der Waals surface area contributed by atoms with Crippen molar-refractivity contribution in [1.29, 1.82) is 0 Å². The molecule has 0 unspecified atom stereocenters. The molecule has 0 saturated carbocycles. The van der Waals surface area contributed by atoms with Crippen LogP contribution in [0.2, 0.25) is 0 Å². The first-order valence-corrected chi connectivity index (χ1v) is 7.28. The molecule has 106 valence electrons. The summed E-state index contributed by atoms with van der Waals surface area (Å²) in [5, 5.41) is 8.84. The molecule has 0 amide bonds. The number of hydrogen-bond acceptors (Lipinski definition) is 3. The summed E-state index contributed by atoms with van der Waals surface area (Å²) in [7, 11) is 0. The van der Waals surface area contributed by atoms with Gasteiger partial charge < -0.3 is 14.6 Å². The van der Waals surface area contributed by atoms with Crippen molar-refractivity contribution in [1.82, 2.24) is 0 Å². The molecule has 0 aliphatic rings. The highest BCUT2D eigenvalue weighted by molar-refractivity contribution is 9.10. The molecular formula is C16H17BrO3. The summed E-state index contributed by atoms with van der Waals surface area (Å²) in [6, 6.07) is 15.4. The number of rotatable bonds is 7. The molecule has 0 heterocycles. The molecule has 0 aliphatic carbocycles. The maximum atomic E-state index is 8.84. The molecule has 2 rings (SSSR count). The first-order chi connectivity index (χ1) is 9.78. The molecule has 4 heteroatoms. The van der Waals surface area contributed by atoms with Gasteiger partial charge in [-0.05, 0) is 48.4 Å². The molecule has 3 nitrogen and oxygen atoms in total. The second-order valence-corrected chi connectivity index (χ2v) is 5.18. The molecule has 0 aromatic heterocycles. The van der Waals surface area contributed by atoms with Crippen molar-refractivity contribution >= 4 is 15.9 Å². The first-order valence-electron chi connectivity index (χ1n) is 6.49. The van der Waals surface area contributed by atoms with Gasteiger partial charge in [0, 0.05) is 11.1 Å². The fraction of sp³-hybridized carbons (Fsp3) is 0.250. The smallest absolute Gasteiger partial charge is 0.122 e. The molecule has 0 radical (unpaired) electrons. The zero-order chi connectivity index (χ0) is 14.2. The summed E-state index contributed by atoms with van der Waals surface area (Å²) >= 11 is 3.38. The Morgan fingerprint density at radius 2 is 1.30 bits per heavy atom. The zero-order valence-corrected chi connectivity index (χ0v) is 12.7. The lowest BCUT2D eigenvalue weighted by Crippen LogP contribution is -2.08. The Kier molecular flexibility index (Phi) is 5.89. The fourth-order valence-electron chi connectivity index (χ4n) is 1.73. The molecule has 0 saturated heterocycles. The van der Waals surface area contributed by atoms with Gasteiger partial charge in [0.15, 0.2) is 0 Å². The number of aliphatic hydroxyl groups is 1. The van der Waals surface area contributed by atoms with Gasteiger partial charge in [0.2, 0.25) is 0 Å². The second-order valence-electron chi connectivity index (χ2n) is 4.27. The van der Waals surface area contributed by atoms with Gasteiger partial charge in [0.25, 0.3) is 0 Å². The van der Waals surface area contributed by atoms with Gasteiger partial charge >= 0.3 is 0 Å². The molecule has 0 spiro atoms. The van der Waals surface area contributed by atoms with Crippen molar-refractivity contribution in [2.24, 2.45) is 0 Å². The predicted octanol–water partition coefficient (Wildman–Crippen LogP) is 3.44. The third-order valence-electron chi connectivity index (χ3n) is 2.76. The zero-order valence-electron chi connectivity index (χ0n) is 11.1. The Bertz CT molecular complexity index is 508. The van der Waals surface area contributed by atoms with Crippen LogP contribution in [-0.4, -0.2) is 24.9 Å². The van der Waals surface area contributed by atoms with Crippen LogP contribution in [0.1, 0.15) is 5.56 Å². The number of halogens is 1. The predicted molar refractivity (Wildman–Crippen MR) is 82.4 cm³/mol. The van der Waals surface area contributed by atoms with Gasteiger partial charge in [-0.15, -0.1) is 0 Å². The van der Waals surface area contributed by atoms with Crippen LogP contribution in [-0.2, 0) is 6.42 Å². The minimum atomic E-state index is 0.168. The number of aliphatic hydroxyl groups excluding tert-OH is 1. The van der Waals surface area contributed by atoms with Crippen LogP contribution < -0.4 is 9.47 Å². The summed E-state index contributed by atoms with van der Waals surface area (Å²) in [5.41, 5.74) is 1.10. The van der Waals surface area contributed by atoms with Crippen LogP contribution in [0.4, 0.5) is 0 Å². The first kappa shape index (κ1) is 14.9. The standard InChI is InChI=1S/C16H17BrO3/c17-14-3-7-16(8-4-14)20-12-11-19-15-5-1-13(2-6-15)9-10-18/h1-8,18H,9-12H2. The summed E-state index contributed by atoms with van der Waals surface area (Å²) in [6.45, 7) is 1.16. The molecule has 0 atom stereocenters. The fourth-order valence-corrected chi connectivity index (χ4v) is 2.00. The normalized spacial score (nSPS) is 10.3. The molecule has 0 aliphatic heterocycles. The van der Waals surface area contributed by atoms with Gasteiger partial charge in [0.1, 0.15) is 24.7 Å². The average molecular weight is 337 g/mol. The van der Waals surface area contributed by atoms with E-state index >= 15 is 0 Å². The van der Waals surface area contributed by atoms with Crippen LogP contribution in [0.5, 0.6) is 11.5 Å². The molecular weight excluding hydrogens is 320 g/mol. The van der Waals surface area contributed by atoms with E-state index in [1.54, 1.807) is 0 Å². The molecule has 20 heavy (non-hydrogen) atoms. The van der Waals surface area contributed by atoms with Crippen LogP contribution in [0, 0.1) is 0 Å². The molecule has 2 aromatic carbocycles. The Labute approximate surface area is 127 Å². The van der Waals surface area contributed by atoms with E-state index in [2.05, 4.69) is 15.9 Å². The number of ether oxygens (including phenoxy) is 2. The van der Waals surface area contributed by atoms with E-state index in [0.29, 0.717) is 19.6 Å². The van der Waals surface area contributed by atoms with Crippen molar-refractivity contribution in [2.45, 2.75) is 6.42 Å². The van der Waals surface area contributed by atoms with Gasteiger partial charge in [-0.1, -0.05) is 28.1 Å². The van der Waals surface area contributed by atoms with Gasteiger partial charge in [-0.2, -0.15) is 0 Å². The third-order valence-corrected chi connectivity index (χ3v) is 3.29. The Hall–Kier alpha value is -1.52. The van der Waals surface area contributed by atoms with Crippen LogP contribution in [0.25, 0.3) is 0 Å². The summed E-state index contributed by atoms with van der Waals surface area (Å²) in [6.07, 6.45) is 0.674. The van der Waals surface area contributed by atoms with Crippen LogP contribution in [0.3, 0.4) is 0 Å². The highest BCUT2D eigenvalue weighted by atomic mass is 79.9. The highest BCUT2D eigenvalue weighted by Crippen LogP contribution is 2.16. The Morgan fingerprint density at radius 3 is 1.80 bits per heavy atom. The largest absolute Gasteiger partial charge is 0.490 e. The lowest BCUT2D eigenvalue weighted by molar-refractivity contribution is 0.217. The lowest BCUT2D eigenvalue weighted by atomic mass is 10.1. The highest BCUT2D eigenvalue weighted by Gasteiger charge is 1.97. The van der Waals surface area contributed by atoms with Crippen molar-refractivity contribution in [3.8, 4) is 11.5 Å². The molecule has 1 N–H and O–H groups in total. The van der Waals surface area contributed by atoms with E-state index in [0.717, 1.165) is 21.5 Å². The second kappa shape index (κ2) is 7.92. The van der Waals surface area contributed by atoms with E-state index < -0.39 is 0 Å². The maximum Gasteiger partial charge on any atom is 0.122 e. The summed E-state index contributed by atoms with van der Waals surface area (Å²) < 4.78 is 12.2. The number of hydrogen-bond donors (Lipinski definition) is 1. The minimum Gasteiger partial charge on any atom is -0.490 e. The van der Waals surface area contributed by atoms with Gasteiger partial charge in [-0.25, -0.2) is 0 Å². The van der Waals surface area contributed by atoms with Gasteiger partial charge in [-0.3, -0.25) is 0 Å². The number of benzene rings is 2. The molecule has 0 fully saturated rings. The molecule has 0 bridgehead atoms. The molecule has 2 aromatic rings. The SMILES string of the molecule is OCCc1ccc(OCCOc2ccc(Br)cc2)cc1. The monoisotopic (exact) mass is 336 g/mol. The lowest BCUT2D eigenvalue weighted by Gasteiger charge is -2.09. The Balaban J connectivity index is 1.71. The van der Waals surface area contributed by atoms with Crippen molar-refractivity contribution < 1.29 is 14.6 Å². The quantitative estimate of drug-likeness (QED) is 0.787. The maximum absolute atomic E-state index is 8.84. The van der Waals surface area contributed by atoms with E-state index in [4.69, 9.17) is 14.6 Å². The summed E-state index contributed by atoms with van der Waals surface area (Å²) in [5.74, 6) is 1.64. The van der Waals surface area contributed by atoms with Crippen molar-refractivity contribution in [3.63, 3.8) is 0 Å². The van der Waals surface area contributed by atoms with E-state index in [1.807, 2.05) is 48.5 Å². The van der Waals surface area contributed by atoms with E-state index in [9.17, 15) is 0 Å². The van der Waals surface area contributed by atoms with Crippen molar-refractivity contribution in [3.05, 3.63) is 58.6 Å².